The second-order valence-corrected chi connectivity index (χ2v) is 6.05. The van der Waals surface area contributed by atoms with Gasteiger partial charge in [-0.1, -0.05) is 24.3 Å². The molecule has 0 aliphatic heterocycles. The van der Waals surface area contributed by atoms with E-state index in [-0.39, 0.29) is 5.75 Å². The molecule has 2 aromatic carbocycles. The van der Waals surface area contributed by atoms with E-state index in [0.29, 0.717) is 5.56 Å². The van der Waals surface area contributed by atoms with Crippen molar-refractivity contribution in [2.45, 2.75) is 17.9 Å². The number of benzene rings is 2. The number of halogens is 1. The summed E-state index contributed by atoms with van der Waals surface area (Å²) in [5.74, 6) is -0.762. The predicted molar refractivity (Wildman–Crippen MR) is 73.2 cm³/mol. The summed E-state index contributed by atoms with van der Waals surface area (Å²) in [5, 5.41) is 9.38. The van der Waals surface area contributed by atoms with Crippen LogP contribution < -0.4 is 4.72 Å². The number of sulfonamides is 1. The van der Waals surface area contributed by atoms with Crippen LogP contribution in [0.15, 0.2) is 53.4 Å². The van der Waals surface area contributed by atoms with E-state index in [1.807, 2.05) is 0 Å². The Labute approximate surface area is 116 Å². The molecule has 2 rings (SSSR count). The molecule has 2 aromatic rings. The normalized spacial score (nSPS) is 13.1. The van der Waals surface area contributed by atoms with E-state index < -0.39 is 26.8 Å². The first-order chi connectivity index (χ1) is 9.40. The minimum atomic E-state index is -3.96. The van der Waals surface area contributed by atoms with Gasteiger partial charge < -0.3 is 5.11 Å². The van der Waals surface area contributed by atoms with E-state index in [1.165, 1.54) is 30.3 Å². The van der Waals surface area contributed by atoms with Crippen molar-refractivity contribution in [1.82, 2.24) is 4.72 Å². The van der Waals surface area contributed by atoms with Gasteiger partial charge in [-0.25, -0.2) is 17.5 Å². The summed E-state index contributed by atoms with van der Waals surface area (Å²) >= 11 is 0. The van der Waals surface area contributed by atoms with Crippen LogP contribution in [0.2, 0.25) is 0 Å². The van der Waals surface area contributed by atoms with Gasteiger partial charge in [0.2, 0.25) is 10.0 Å². The standard InChI is InChI=1S/C14H14FNO3S/c1-10(11-5-4-6-12(17)9-11)16-20(18,19)14-8-3-2-7-13(14)15/h2-10,16-17H,1H3. The fourth-order valence-electron chi connectivity index (χ4n) is 1.82. The number of nitrogens with one attached hydrogen (secondary N) is 1. The highest BCUT2D eigenvalue weighted by atomic mass is 32.2. The van der Waals surface area contributed by atoms with Crippen LogP contribution in [0.5, 0.6) is 5.75 Å². The lowest BCUT2D eigenvalue weighted by Gasteiger charge is -2.15. The molecular formula is C14H14FNO3S. The van der Waals surface area contributed by atoms with Crippen molar-refractivity contribution >= 4 is 10.0 Å². The fraction of sp³-hybridized carbons (Fsp3) is 0.143. The molecule has 0 aliphatic rings. The summed E-state index contributed by atoms with van der Waals surface area (Å²) in [5.41, 5.74) is 0.588. The summed E-state index contributed by atoms with van der Waals surface area (Å²) in [6.45, 7) is 1.62. The molecule has 0 bridgehead atoms. The highest BCUT2D eigenvalue weighted by Crippen LogP contribution is 2.21. The maximum absolute atomic E-state index is 13.5. The largest absolute Gasteiger partial charge is 0.508 e. The van der Waals surface area contributed by atoms with Gasteiger partial charge in [0.25, 0.3) is 0 Å². The van der Waals surface area contributed by atoms with Crippen LogP contribution in [-0.2, 0) is 10.0 Å². The van der Waals surface area contributed by atoms with Crippen molar-refractivity contribution in [3.8, 4) is 5.75 Å². The van der Waals surface area contributed by atoms with E-state index in [4.69, 9.17) is 0 Å². The molecule has 2 N–H and O–H groups in total. The summed E-state index contributed by atoms with van der Waals surface area (Å²) in [4.78, 5) is -0.396. The third kappa shape index (κ3) is 3.15. The lowest BCUT2D eigenvalue weighted by atomic mass is 10.1. The van der Waals surface area contributed by atoms with Crippen LogP contribution >= 0.6 is 0 Å². The predicted octanol–water partition coefficient (Wildman–Crippen LogP) is 2.57. The van der Waals surface area contributed by atoms with Gasteiger partial charge in [-0.2, -0.15) is 0 Å². The Morgan fingerprint density at radius 1 is 1.15 bits per heavy atom. The molecule has 6 heteroatoms. The molecule has 1 unspecified atom stereocenters. The molecule has 0 amide bonds. The number of phenolic OH excluding ortho intramolecular Hbond substituents is 1. The average Bonchev–Trinajstić information content (AvgIpc) is 2.38. The van der Waals surface area contributed by atoms with Crippen LogP contribution in [0.1, 0.15) is 18.5 Å². The first kappa shape index (κ1) is 14.5. The number of hydrogen-bond donors (Lipinski definition) is 2. The van der Waals surface area contributed by atoms with E-state index >= 15 is 0 Å². The van der Waals surface area contributed by atoms with Gasteiger partial charge in [0.05, 0.1) is 0 Å². The first-order valence-corrected chi connectivity index (χ1v) is 7.44. The van der Waals surface area contributed by atoms with Crippen molar-refractivity contribution < 1.29 is 17.9 Å². The molecule has 0 fully saturated rings. The van der Waals surface area contributed by atoms with Crippen molar-refractivity contribution in [3.05, 3.63) is 59.9 Å². The Balaban J connectivity index is 2.27. The molecule has 0 saturated heterocycles. The monoisotopic (exact) mass is 295 g/mol. The first-order valence-electron chi connectivity index (χ1n) is 5.96. The molecule has 1 atom stereocenters. The van der Waals surface area contributed by atoms with Gasteiger partial charge >= 0.3 is 0 Å². The molecule has 0 spiro atoms. The highest BCUT2D eigenvalue weighted by Gasteiger charge is 2.21. The third-order valence-corrected chi connectivity index (χ3v) is 4.40. The van der Waals surface area contributed by atoms with Gasteiger partial charge in [0, 0.05) is 6.04 Å². The quantitative estimate of drug-likeness (QED) is 0.911. The van der Waals surface area contributed by atoms with E-state index in [1.54, 1.807) is 19.1 Å². The van der Waals surface area contributed by atoms with Crippen LogP contribution in [0.4, 0.5) is 4.39 Å². The minimum Gasteiger partial charge on any atom is -0.508 e. The summed E-state index contributed by atoms with van der Waals surface area (Å²) in [7, 11) is -3.96. The number of phenols is 1. The molecular weight excluding hydrogens is 281 g/mol. The van der Waals surface area contributed by atoms with Crippen molar-refractivity contribution in [2.75, 3.05) is 0 Å². The lowest BCUT2D eigenvalue weighted by molar-refractivity contribution is 0.473. The summed E-state index contributed by atoms with van der Waals surface area (Å²) in [6, 6.07) is 10.8. The zero-order valence-electron chi connectivity index (χ0n) is 10.7. The third-order valence-electron chi connectivity index (χ3n) is 2.83. The molecule has 0 heterocycles. The van der Waals surface area contributed by atoms with Gasteiger partial charge in [0.1, 0.15) is 16.5 Å². The molecule has 0 aliphatic carbocycles. The highest BCUT2D eigenvalue weighted by molar-refractivity contribution is 7.89. The smallest absolute Gasteiger partial charge is 0.244 e. The zero-order valence-corrected chi connectivity index (χ0v) is 11.6. The van der Waals surface area contributed by atoms with Crippen LogP contribution in [0, 0.1) is 5.82 Å². The van der Waals surface area contributed by atoms with Gasteiger partial charge in [-0.3, -0.25) is 0 Å². The zero-order chi connectivity index (χ0) is 14.8. The van der Waals surface area contributed by atoms with Gasteiger partial charge in [-0.05, 0) is 36.8 Å². The maximum atomic E-state index is 13.5. The summed E-state index contributed by atoms with van der Waals surface area (Å²) in [6.07, 6.45) is 0. The van der Waals surface area contributed by atoms with E-state index in [2.05, 4.69) is 4.72 Å². The Bertz CT molecular complexity index is 716. The molecule has 0 saturated carbocycles. The molecule has 0 aromatic heterocycles. The summed E-state index contributed by atoms with van der Waals surface area (Å²) < 4.78 is 40.1. The van der Waals surface area contributed by atoms with Gasteiger partial charge in [0.15, 0.2) is 0 Å². The Morgan fingerprint density at radius 2 is 1.85 bits per heavy atom. The second-order valence-electron chi connectivity index (χ2n) is 4.37. The van der Waals surface area contributed by atoms with Crippen molar-refractivity contribution in [1.29, 1.82) is 0 Å². The van der Waals surface area contributed by atoms with Crippen LogP contribution in [0.25, 0.3) is 0 Å². The van der Waals surface area contributed by atoms with E-state index in [0.717, 1.165) is 6.07 Å². The SMILES string of the molecule is CC(NS(=O)(=O)c1ccccc1F)c1cccc(O)c1. The molecule has 106 valence electrons. The van der Waals surface area contributed by atoms with Crippen molar-refractivity contribution in [3.63, 3.8) is 0 Å². The van der Waals surface area contributed by atoms with E-state index in [9.17, 15) is 17.9 Å². The Kier molecular flexibility index (Phi) is 4.06. The molecule has 4 nitrogen and oxygen atoms in total. The number of hydrogen-bond acceptors (Lipinski definition) is 3. The average molecular weight is 295 g/mol. The lowest BCUT2D eigenvalue weighted by Crippen LogP contribution is -2.27. The van der Waals surface area contributed by atoms with Crippen molar-refractivity contribution in [2.24, 2.45) is 0 Å². The van der Waals surface area contributed by atoms with Crippen LogP contribution in [-0.4, -0.2) is 13.5 Å². The fourth-order valence-corrected chi connectivity index (χ4v) is 3.13. The second kappa shape index (κ2) is 5.60. The Morgan fingerprint density at radius 3 is 2.50 bits per heavy atom. The molecule has 20 heavy (non-hydrogen) atoms. The van der Waals surface area contributed by atoms with Crippen LogP contribution in [0.3, 0.4) is 0 Å². The van der Waals surface area contributed by atoms with Gasteiger partial charge in [-0.15, -0.1) is 0 Å². The minimum absolute atomic E-state index is 0.0411. The number of rotatable bonds is 4. The topological polar surface area (TPSA) is 66.4 Å². The maximum Gasteiger partial charge on any atom is 0.244 e. The number of aromatic hydroxyl groups is 1. The Hall–Kier alpha value is -1.92. The molecule has 0 radical (unpaired) electrons.